The van der Waals surface area contributed by atoms with Crippen molar-refractivity contribution in [1.82, 2.24) is 4.90 Å². The molecule has 1 amide bonds. The van der Waals surface area contributed by atoms with Gasteiger partial charge < -0.3 is 14.6 Å². The zero-order valence-corrected chi connectivity index (χ0v) is 16.0. The van der Waals surface area contributed by atoms with E-state index in [0.29, 0.717) is 12.3 Å². The lowest BCUT2D eigenvalue weighted by molar-refractivity contribution is -0.0815. The van der Waals surface area contributed by atoms with Crippen LogP contribution in [-0.2, 0) is 9.47 Å². The van der Waals surface area contributed by atoms with E-state index in [2.05, 4.69) is 0 Å². The summed E-state index contributed by atoms with van der Waals surface area (Å²) < 4.78 is 11.8. The molecule has 1 aliphatic carbocycles. The highest BCUT2D eigenvalue weighted by atomic mass is 16.6. The van der Waals surface area contributed by atoms with Crippen LogP contribution in [0, 0.1) is 5.92 Å². The Labute approximate surface area is 146 Å². The molecule has 0 radical (unpaired) electrons. The zero-order chi connectivity index (χ0) is 18.0. The van der Waals surface area contributed by atoms with Crippen molar-refractivity contribution in [3.63, 3.8) is 0 Å². The average Bonchev–Trinajstić information content (AvgIpc) is 2.69. The molecule has 140 valence electrons. The SMILES string of the molecule is CC(C)(C)OC(=O)N1[C@@H](CC2CCCCC2)C(CCO)OC1(C)C. The van der Waals surface area contributed by atoms with E-state index in [1.807, 2.05) is 34.6 Å². The second kappa shape index (κ2) is 7.61. The van der Waals surface area contributed by atoms with Gasteiger partial charge in [0.15, 0.2) is 0 Å². The predicted molar refractivity (Wildman–Crippen MR) is 93.7 cm³/mol. The van der Waals surface area contributed by atoms with Crippen LogP contribution >= 0.6 is 0 Å². The lowest BCUT2D eigenvalue weighted by atomic mass is 9.83. The third-order valence-corrected chi connectivity index (χ3v) is 5.08. The largest absolute Gasteiger partial charge is 0.444 e. The van der Waals surface area contributed by atoms with Crippen LogP contribution < -0.4 is 0 Å². The lowest BCUT2D eigenvalue weighted by Crippen LogP contribution is -2.50. The van der Waals surface area contributed by atoms with Crippen molar-refractivity contribution < 1.29 is 19.4 Å². The fraction of sp³-hybridized carbons (Fsp3) is 0.947. The molecule has 1 N–H and O–H groups in total. The van der Waals surface area contributed by atoms with E-state index in [4.69, 9.17) is 9.47 Å². The fourth-order valence-corrected chi connectivity index (χ4v) is 4.14. The summed E-state index contributed by atoms with van der Waals surface area (Å²) in [5, 5.41) is 9.42. The molecule has 0 aromatic heterocycles. The van der Waals surface area contributed by atoms with E-state index < -0.39 is 11.3 Å². The van der Waals surface area contributed by atoms with Crippen LogP contribution in [0.4, 0.5) is 4.79 Å². The van der Waals surface area contributed by atoms with Crippen molar-refractivity contribution in [2.45, 2.75) is 103 Å². The molecule has 0 spiro atoms. The molecule has 1 heterocycles. The van der Waals surface area contributed by atoms with Crippen molar-refractivity contribution in [2.75, 3.05) is 6.61 Å². The van der Waals surface area contributed by atoms with E-state index in [-0.39, 0.29) is 24.8 Å². The highest BCUT2D eigenvalue weighted by Crippen LogP contribution is 2.40. The van der Waals surface area contributed by atoms with Crippen LogP contribution in [0.3, 0.4) is 0 Å². The van der Waals surface area contributed by atoms with E-state index in [1.165, 1.54) is 32.1 Å². The Morgan fingerprint density at radius 1 is 1.25 bits per heavy atom. The number of carbonyl (C=O) groups excluding carboxylic acids is 1. The van der Waals surface area contributed by atoms with Gasteiger partial charge in [0.1, 0.15) is 11.3 Å². The van der Waals surface area contributed by atoms with Crippen molar-refractivity contribution in [3.05, 3.63) is 0 Å². The molecule has 2 atom stereocenters. The number of nitrogens with zero attached hydrogens (tertiary/aromatic N) is 1. The minimum Gasteiger partial charge on any atom is -0.444 e. The molecular weight excluding hydrogens is 306 g/mol. The van der Waals surface area contributed by atoms with Gasteiger partial charge in [0.25, 0.3) is 0 Å². The van der Waals surface area contributed by atoms with Gasteiger partial charge in [-0.15, -0.1) is 0 Å². The second-order valence-electron chi connectivity index (χ2n) is 8.77. The molecule has 2 fully saturated rings. The molecule has 0 bridgehead atoms. The van der Waals surface area contributed by atoms with Crippen LogP contribution in [0.15, 0.2) is 0 Å². The van der Waals surface area contributed by atoms with Gasteiger partial charge in [-0.3, -0.25) is 4.90 Å². The van der Waals surface area contributed by atoms with Gasteiger partial charge in [-0.2, -0.15) is 0 Å². The molecule has 1 saturated carbocycles. The van der Waals surface area contributed by atoms with Crippen LogP contribution in [-0.4, -0.2) is 46.2 Å². The summed E-state index contributed by atoms with van der Waals surface area (Å²) in [6, 6.07) is -0.0231. The Bertz CT molecular complexity index is 424. The quantitative estimate of drug-likeness (QED) is 0.837. The van der Waals surface area contributed by atoms with Crippen molar-refractivity contribution in [1.29, 1.82) is 0 Å². The topological polar surface area (TPSA) is 59.0 Å². The van der Waals surface area contributed by atoms with Crippen LogP contribution in [0.1, 0.15) is 79.6 Å². The molecule has 0 aromatic rings. The summed E-state index contributed by atoms with van der Waals surface area (Å²) in [5.41, 5.74) is -1.24. The van der Waals surface area contributed by atoms with Gasteiger partial charge >= 0.3 is 6.09 Å². The number of aliphatic hydroxyl groups excluding tert-OH is 1. The third-order valence-electron chi connectivity index (χ3n) is 5.08. The first-order chi connectivity index (χ1) is 11.1. The standard InChI is InChI=1S/C19H35NO4/c1-18(2,3)24-17(22)20-15(13-14-9-7-6-8-10-14)16(11-12-21)23-19(20,4)5/h14-16,21H,6-13H2,1-5H3/t15-,16?/m0/s1. The smallest absolute Gasteiger partial charge is 0.412 e. The first-order valence-corrected chi connectivity index (χ1v) is 9.45. The maximum absolute atomic E-state index is 12.8. The highest BCUT2D eigenvalue weighted by Gasteiger charge is 2.51. The zero-order valence-electron chi connectivity index (χ0n) is 16.0. The molecule has 5 nitrogen and oxygen atoms in total. The van der Waals surface area contributed by atoms with E-state index in [0.717, 1.165) is 6.42 Å². The van der Waals surface area contributed by atoms with Crippen molar-refractivity contribution in [2.24, 2.45) is 5.92 Å². The van der Waals surface area contributed by atoms with Gasteiger partial charge in [0, 0.05) is 6.61 Å². The summed E-state index contributed by atoms with van der Waals surface area (Å²) in [5.74, 6) is 0.632. The molecule has 2 rings (SSSR count). The molecule has 5 heteroatoms. The molecule has 0 aromatic carbocycles. The van der Waals surface area contributed by atoms with Crippen LogP contribution in [0.2, 0.25) is 0 Å². The number of amides is 1. The van der Waals surface area contributed by atoms with Crippen LogP contribution in [0.25, 0.3) is 0 Å². The summed E-state index contributed by atoms with van der Waals surface area (Å²) >= 11 is 0. The fourth-order valence-electron chi connectivity index (χ4n) is 4.14. The lowest BCUT2D eigenvalue weighted by Gasteiger charge is -2.36. The van der Waals surface area contributed by atoms with E-state index >= 15 is 0 Å². The average molecular weight is 341 g/mol. The Morgan fingerprint density at radius 2 is 1.88 bits per heavy atom. The second-order valence-corrected chi connectivity index (χ2v) is 8.77. The third kappa shape index (κ3) is 4.85. The summed E-state index contributed by atoms with van der Waals surface area (Å²) in [6.45, 7) is 9.57. The maximum Gasteiger partial charge on any atom is 0.412 e. The predicted octanol–water partition coefficient (Wildman–Crippen LogP) is 4.08. The van der Waals surface area contributed by atoms with Crippen molar-refractivity contribution in [3.8, 4) is 0 Å². The number of hydrogen-bond acceptors (Lipinski definition) is 4. The molecule has 1 aliphatic heterocycles. The molecule has 2 aliphatic rings. The Balaban J connectivity index is 2.18. The van der Waals surface area contributed by atoms with E-state index in [9.17, 15) is 9.90 Å². The Hall–Kier alpha value is -0.810. The first-order valence-electron chi connectivity index (χ1n) is 9.45. The molecular formula is C19H35NO4. The first kappa shape index (κ1) is 19.5. The summed E-state index contributed by atoms with van der Waals surface area (Å²) in [6.07, 6.45) is 7.38. The summed E-state index contributed by atoms with van der Waals surface area (Å²) in [7, 11) is 0. The Morgan fingerprint density at radius 3 is 2.42 bits per heavy atom. The summed E-state index contributed by atoms with van der Waals surface area (Å²) in [4.78, 5) is 14.6. The monoisotopic (exact) mass is 341 g/mol. The minimum absolute atomic E-state index is 0.0231. The Kier molecular flexibility index (Phi) is 6.19. The van der Waals surface area contributed by atoms with Gasteiger partial charge in [-0.05, 0) is 53.4 Å². The number of hydrogen-bond donors (Lipinski definition) is 1. The maximum atomic E-state index is 12.8. The number of ether oxygens (including phenoxy) is 2. The van der Waals surface area contributed by atoms with Gasteiger partial charge in [-0.25, -0.2) is 4.79 Å². The number of rotatable bonds is 4. The minimum atomic E-state index is -0.707. The number of carbonyl (C=O) groups is 1. The van der Waals surface area contributed by atoms with Gasteiger partial charge in [0.2, 0.25) is 0 Å². The van der Waals surface area contributed by atoms with Gasteiger partial charge in [-0.1, -0.05) is 32.1 Å². The number of aliphatic hydroxyl groups is 1. The highest BCUT2D eigenvalue weighted by molar-refractivity contribution is 5.70. The molecule has 1 unspecified atom stereocenters. The van der Waals surface area contributed by atoms with Crippen molar-refractivity contribution >= 4 is 6.09 Å². The van der Waals surface area contributed by atoms with Gasteiger partial charge in [0.05, 0.1) is 12.1 Å². The van der Waals surface area contributed by atoms with Crippen LogP contribution in [0.5, 0.6) is 0 Å². The van der Waals surface area contributed by atoms with E-state index in [1.54, 1.807) is 4.90 Å². The molecule has 1 saturated heterocycles. The normalized spacial score (nSPS) is 28.2. The molecule has 24 heavy (non-hydrogen) atoms.